The topological polar surface area (TPSA) is 44.5 Å². The molecule has 0 heterocycles. The van der Waals surface area contributed by atoms with Crippen molar-refractivity contribution in [2.45, 2.75) is 30.7 Å². The predicted molar refractivity (Wildman–Crippen MR) is 73.3 cm³/mol. The van der Waals surface area contributed by atoms with Crippen molar-refractivity contribution in [3.8, 4) is 11.5 Å². The highest BCUT2D eigenvalue weighted by molar-refractivity contribution is 7.98. The van der Waals surface area contributed by atoms with Gasteiger partial charge >= 0.3 is 0 Å². The van der Waals surface area contributed by atoms with Crippen molar-refractivity contribution in [2.75, 3.05) is 20.5 Å². The third kappa shape index (κ3) is 3.54. The standard InChI is InChI=1S/C13H21NO2S/c1-13(2,14)8-9-6-7-10(15-3)12(17-5)11(9)16-4/h6-7H,8,14H2,1-5H3. The fourth-order valence-electron chi connectivity index (χ4n) is 1.79. The third-order valence-corrected chi connectivity index (χ3v) is 3.23. The Morgan fingerprint density at radius 1 is 1.24 bits per heavy atom. The molecule has 0 aliphatic carbocycles. The van der Waals surface area contributed by atoms with E-state index in [4.69, 9.17) is 15.2 Å². The molecule has 0 saturated carbocycles. The lowest BCUT2D eigenvalue weighted by molar-refractivity contribution is 0.369. The van der Waals surface area contributed by atoms with Gasteiger partial charge in [-0.2, -0.15) is 0 Å². The van der Waals surface area contributed by atoms with Crippen molar-refractivity contribution >= 4 is 11.8 Å². The average molecular weight is 255 g/mol. The molecule has 0 bridgehead atoms. The van der Waals surface area contributed by atoms with Gasteiger partial charge in [-0.1, -0.05) is 6.07 Å². The van der Waals surface area contributed by atoms with E-state index in [1.54, 1.807) is 26.0 Å². The molecule has 96 valence electrons. The Labute approximate surface area is 108 Å². The molecule has 0 amide bonds. The maximum Gasteiger partial charge on any atom is 0.139 e. The van der Waals surface area contributed by atoms with E-state index in [1.165, 1.54) is 0 Å². The van der Waals surface area contributed by atoms with Crippen LogP contribution in [-0.2, 0) is 6.42 Å². The monoisotopic (exact) mass is 255 g/mol. The van der Waals surface area contributed by atoms with Gasteiger partial charge in [-0.05, 0) is 38.2 Å². The SMILES string of the molecule is COc1ccc(CC(C)(C)N)c(OC)c1SC. The van der Waals surface area contributed by atoms with Gasteiger partial charge in [0.2, 0.25) is 0 Å². The van der Waals surface area contributed by atoms with Gasteiger partial charge < -0.3 is 15.2 Å². The van der Waals surface area contributed by atoms with Crippen molar-refractivity contribution in [2.24, 2.45) is 5.73 Å². The molecule has 1 rings (SSSR count). The van der Waals surface area contributed by atoms with Crippen molar-refractivity contribution < 1.29 is 9.47 Å². The van der Waals surface area contributed by atoms with E-state index in [0.717, 1.165) is 28.4 Å². The second-order valence-electron chi connectivity index (χ2n) is 4.66. The van der Waals surface area contributed by atoms with Crippen LogP contribution in [0, 0.1) is 0 Å². The van der Waals surface area contributed by atoms with Crippen LogP contribution >= 0.6 is 11.8 Å². The van der Waals surface area contributed by atoms with Crippen molar-refractivity contribution in [3.63, 3.8) is 0 Å². The Bertz CT molecular complexity index is 386. The fourth-order valence-corrected chi connectivity index (χ4v) is 2.55. The van der Waals surface area contributed by atoms with E-state index in [9.17, 15) is 0 Å². The van der Waals surface area contributed by atoms with Gasteiger partial charge in [-0.15, -0.1) is 11.8 Å². The molecule has 0 atom stereocenters. The Morgan fingerprint density at radius 2 is 1.88 bits per heavy atom. The molecule has 1 aromatic carbocycles. The highest BCUT2D eigenvalue weighted by Crippen LogP contribution is 2.39. The first-order chi connectivity index (χ1) is 7.92. The van der Waals surface area contributed by atoms with Gasteiger partial charge in [0, 0.05) is 5.54 Å². The lowest BCUT2D eigenvalue weighted by Gasteiger charge is -2.22. The summed E-state index contributed by atoms with van der Waals surface area (Å²) in [5, 5.41) is 0. The molecule has 17 heavy (non-hydrogen) atoms. The second-order valence-corrected chi connectivity index (χ2v) is 5.48. The summed E-state index contributed by atoms with van der Waals surface area (Å²) in [6.45, 7) is 4.02. The quantitative estimate of drug-likeness (QED) is 0.822. The largest absolute Gasteiger partial charge is 0.495 e. The predicted octanol–water partition coefficient (Wildman–Crippen LogP) is 2.71. The van der Waals surface area contributed by atoms with Gasteiger partial charge in [0.15, 0.2) is 0 Å². The lowest BCUT2D eigenvalue weighted by atomic mass is 9.95. The molecule has 0 aromatic heterocycles. The van der Waals surface area contributed by atoms with Crippen molar-refractivity contribution in [1.29, 1.82) is 0 Å². The van der Waals surface area contributed by atoms with Crippen LogP contribution in [0.15, 0.2) is 17.0 Å². The summed E-state index contributed by atoms with van der Waals surface area (Å²) in [4.78, 5) is 1.02. The highest BCUT2D eigenvalue weighted by Gasteiger charge is 2.19. The van der Waals surface area contributed by atoms with Crippen LogP contribution in [0.1, 0.15) is 19.4 Å². The molecule has 3 nitrogen and oxygen atoms in total. The molecule has 2 N–H and O–H groups in total. The summed E-state index contributed by atoms with van der Waals surface area (Å²) in [6, 6.07) is 3.99. The van der Waals surface area contributed by atoms with Gasteiger partial charge in [-0.3, -0.25) is 0 Å². The number of hydrogen-bond donors (Lipinski definition) is 1. The summed E-state index contributed by atoms with van der Waals surface area (Å²) < 4.78 is 10.8. The summed E-state index contributed by atoms with van der Waals surface area (Å²) in [7, 11) is 3.35. The molecule has 0 saturated heterocycles. The number of ether oxygens (including phenoxy) is 2. The third-order valence-electron chi connectivity index (χ3n) is 2.43. The average Bonchev–Trinajstić information content (AvgIpc) is 2.26. The number of thioether (sulfide) groups is 1. The molecule has 0 aliphatic heterocycles. The maximum absolute atomic E-state index is 6.06. The lowest BCUT2D eigenvalue weighted by Crippen LogP contribution is -2.34. The Hall–Kier alpha value is -0.870. The number of nitrogens with two attached hydrogens (primary N) is 1. The van der Waals surface area contributed by atoms with E-state index in [1.807, 2.05) is 32.2 Å². The molecule has 4 heteroatoms. The van der Waals surface area contributed by atoms with E-state index in [0.29, 0.717) is 0 Å². The minimum atomic E-state index is -0.252. The van der Waals surface area contributed by atoms with Gasteiger partial charge in [0.1, 0.15) is 11.5 Å². The molecular formula is C13H21NO2S. The van der Waals surface area contributed by atoms with E-state index in [2.05, 4.69) is 0 Å². The molecule has 0 fully saturated rings. The van der Waals surface area contributed by atoms with Gasteiger partial charge in [-0.25, -0.2) is 0 Å². The van der Waals surface area contributed by atoms with Crippen LogP contribution in [-0.4, -0.2) is 26.0 Å². The van der Waals surface area contributed by atoms with Crippen LogP contribution in [0.2, 0.25) is 0 Å². The Balaban J connectivity index is 3.23. The summed E-state index contributed by atoms with van der Waals surface area (Å²) in [6.07, 6.45) is 2.78. The zero-order chi connectivity index (χ0) is 13.1. The molecule has 0 radical (unpaired) electrons. The number of hydrogen-bond acceptors (Lipinski definition) is 4. The Kier molecular flexibility index (Phi) is 4.71. The van der Waals surface area contributed by atoms with Crippen LogP contribution < -0.4 is 15.2 Å². The number of methoxy groups -OCH3 is 2. The first kappa shape index (κ1) is 14.2. The van der Waals surface area contributed by atoms with E-state index < -0.39 is 0 Å². The molecule has 0 unspecified atom stereocenters. The smallest absolute Gasteiger partial charge is 0.139 e. The minimum Gasteiger partial charge on any atom is -0.495 e. The zero-order valence-corrected chi connectivity index (χ0v) is 12.0. The van der Waals surface area contributed by atoms with Crippen LogP contribution in [0.25, 0.3) is 0 Å². The minimum absolute atomic E-state index is 0.252. The van der Waals surface area contributed by atoms with Crippen LogP contribution in [0.3, 0.4) is 0 Å². The number of benzene rings is 1. The second kappa shape index (κ2) is 5.65. The van der Waals surface area contributed by atoms with Crippen molar-refractivity contribution in [3.05, 3.63) is 17.7 Å². The Morgan fingerprint density at radius 3 is 2.29 bits per heavy atom. The van der Waals surface area contributed by atoms with Crippen LogP contribution in [0.4, 0.5) is 0 Å². The summed E-state index contributed by atoms with van der Waals surface area (Å²) in [5.74, 6) is 1.71. The number of rotatable bonds is 5. The molecule has 0 spiro atoms. The molecule has 0 aliphatic rings. The highest BCUT2D eigenvalue weighted by atomic mass is 32.2. The van der Waals surface area contributed by atoms with E-state index >= 15 is 0 Å². The molecular weight excluding hydrogens is 234 g/mol. The fraction of sp³-hybridized carbons (Fsp3) is 0.538. The molecule has 1 aromatic rings. The van der Waals surface area contributed by atoms with Crippen LogP contribution in [0.5, 0.6) is 11.5 Å². The van der Waals surface area contributed by atoms with E-state index in [-0.39, 0.29) is 5.54 Å². The first-order valence-electron chi connectivity index (χ1n) is 5.49. The van der Waals surface area contributed by atoms with Crippen molar-refractivity contribution in [1.82, 2.24) is 0 Å². The van der Waals surface area contributed by atoms with Gasteiger partial charge in [0.05, 0.1) is 19.1 Å². The summed E-state index contributed by atoms with van der Waals surface area (Å²) in [5.41, 5.74) is 6.92. The maximum atomic E-state index is 6.06. The first-order valence-corrected chi connectivity index (χ1v) is 6.72. The van der Waals surface area contributed by atoms with Gasteiger partial charge in [0.25, 0.3) is 0 Å². The zero-order valence-electron chi connectivity index (χ0n) is 11.2. The summed E-state index contributed by atoms with van der Waals surface area (Å²) >= 11 is 1.62. The normalized spacial score (nSPS) is 11.4.